The van der Waals surface area contributed by atoms with Gasteiger partial charge in [-0.2, -0.15) is 4.98 Å². The van der Waals surface area contributed by atoms with E-state index in [0.29, 0.717) is 11.5 Å². The SMILES string of the molecule is COc1ccc(C(OC[C@]23CO[C@@H](C2O)[C@H](n2cnc4c(=O)[nH]c(NC(=O)C(C)C)nc42)O3)(c2ccccc2)c2ccc(OC)cc2)cc1. The van der Waals surface area contributed by atoms with E-state index in [4.69, 9.17) is 23.7 Å². The number of amides is 1. The molecule has 2 bridgehead atoms. The van der Waals surface area contributed by atoms with Crippen molar-refractivity contribution in [3.63, 3.8) is 0 Å². The quantitative estimate of drug-likeness (QED) is 0.177. The van der Waals surface area contributed by atoms with Crippen LogP contribution < -0.4 is 20.3 Å². The number of fused-ring (bicyclic) bond motifs is 3. The number of carbonyl (C=O) groups excluding carboxylic acids is 1. The molecule has 49 heavy (non-hydrogen) atoms. The van der Waals surface area contributed by atoms with Crippen molar-refractivity contribution in [2.45, 2.75) is 43.5 Å². The van der Waals surface area contributed by atoms with Gasteiger partial charge in [-0.05, 0) is 41.0 Å². The minimum absolute atomic E-state index is 0.0211. The first-order valence-corrected chi connectivity index (χ1v) is 15.9. The average molecular weight is 668 g/mol. The van der Waals surface area contributed by atoms with Crippen LogP contribution in [0.1, 0.15) is 36.8 Å². The summed E-state index contributed by atoms with van der Waals surface area (Å²) in [5.74, 6) is 0.718. The fourth-order valence-electron chi connectivity index (χ4n) is 6.48. The minimum atomic E-state index is -1.29. The predicted molar refractivity (Wildman–Crippen MR) is 178 cm³/mol. The van der Waals surface area contributed by atoms with Crippen molar-refractivity contribution in [3.05, 3.63) is 112 Å². The average Bonchev–Trinajstić information content (AvgIpc) is 3.78. The van der Waals surface area contributed by atoms with Crippen LogP contribution in [-0.4, -0.2) is 75.8 Å². The van der Waals surface area contributed by atoms with Crippen molar-refractivity contribution in [2.75, 3.05) is 32.8 Å². The number of imidazole rings is 1. The predicted octanol–water partition coefficient (Wildman–Crippen LogP) is 3.77. The first kappa shape index (κ1) is 32.5. The van der Waals surface area contributed by atoms with Gasteiger partial charge < -0.3 is 28.8 Å². The molecule has 0 spiro atoms. The summed E-state index contributed by atoms with van der Waals surface area (Å²) in [6, 6.07) is 25.1. The summed E-state index contributed by atoms with van der Waals surface area (Å²) < 4.78 is 32.3. The molecule has 0 saturated carbocycles. The van der Waals surface area contributed by atoms with Crippen LogP contribution in [0, 0.1) is 5.92 Å². The second kappa shape index (κ2) is 12.7. The highest BCUT2D eigenvalue weighted by molar-refractivity contribution is 5.91. The number of carbonyl (C=O) groups is 1. The van der Waals surface area contributed by atoms with Crippen LogP contribution in [0.25, 0.3) is 11.2 Å². The van der Waals surface area contributed by atoms with E-state index in [1.165, 1.54) is 6.33 Å². The first-order valence-electron chi connectivity index (χ1n) is 15.9. The molecule has 5 aromatic rings. The molecule has 3 N–H and O–H groups in total. The molecule has 1 amide bonds. The van der Waals surface area contributed by atoms with E-state index in [-0.39, 0.29) is 42.2 Å². The number of methoxy groups -OCH3 is 2. The van der Waals surface area contributed by atoms with Crippen molar-refractivity contribution >= 4 is 23.0 Å². The maximum absolute atomic E-state index is 12.9. The van der Waals surface area contributed by atoms with Gasteiger partial charge in [0.15, 0.2) is 17.4 Å². The number of hydrogen-bond donors (Lipinski definition) is 3. The molecule has 1 unspecified atom stereocenters. The number of hydrogen-bond acceptors (Lipinski definition) is 10. The van der Waals surface area contributed by atoms with Crippen LogP contribution in [0.3, 0.4) is 0 Å². The van der Waals surface area contributed by atoms with Crippen LogP contribution in [0.15, 0.2) is 90.0 Å². The zero-order chi connectivity index (χ0) is 34.3. The zero-order valence-electron chi connectivity index (χ0n) is 27.5. The number of aromatic nitrogens is 4. The molecule has 0 aliphatic carbocycles. The van der Waals surface area contributed by atoms with Gasteiger partial charge in [0, 0.05) is 5.92 Å². The smallest absolute Gasteiger partial charge is 0.280 e. The molecule has 4 atom stereocenters. The number of aliphatic hydroxyl groups is 1. The van der Waals surface area contributed by atoms with Gasteiger partial charge in [-0.15, -0.1) is 0 Å². The van der Waals surface area contributed by atoms with Gasteiger partial charge in [0.05, 0.1) is 33.8 Å². The molecule has 2 fully saturated rings. The molecule has 13 heteroatoms. The van der Waals surface area contributed by atoms with E-state index < -0.39 is 35.2 Å². The fourth-order valence-corrected chi connectivity index (χ4v) is 6.48. The molecule has 0 radical (unpaired) electrons. The van der Waals surface area contributed by atoms with Gasteiger partial charge in [-0.1, -0.05) is 68.4 Å². The highest BCUT2D eigenvalue weighted by Gasteiger charge is 2.63. The Bertz CT molecular complexity index is 1960. The van der Waals surface area contributed by atoms with E-state index in [0.717, 1.165) is 16.7 Å². The van der Waals surface area contributed by atoms with Crippen molar-refractivity contribution in [1.29, 1.82) is 0 Å². The second-order valence-electron chi connectivity index (χ2n) is 12.5. The first-order chi connectivity index (χ1) is 23.7. The van der Waals surface area contributed by atoms with E-state index in [2.05, 4.69) is 20.3 Å². The molecule has 13 nitrogen and oxygen atoms in total. The third kappa shape index (κ3) is 5.54. The number of nitrogens with one attached hydrogen (secondary N) is 2. The molecule has 2 aliphatic heterocycles. The van der Waals surface area contributed by atoms with Crippen LogP contribution in [0.4, 0.5) is 5.95 Å². The Kier molecular flexibility index (Phi) is 8.45. The number of aliphatic hydroxyl groups excluding tert-OH is 1. The minimum Gasteiger partial charge on any atom is -0.497 e. The number of nitrogens with zero attached hydrogens (tertiary/aromatic N) is 3. The molecular formula is C36H37N5O8. The summed E-state index contributed by atoms with van der Waals surface area (Å²) >= 11 is 0. The summed E-state index contributed by atoms with van der Waals surface area (Å²) in [5, 5.41) is 14.3. The number of ether oxygens (including phenoxy) is 5. The lowest BCUT2D eigenvalue weighted by Crippen LogP contribution is -2.48. The van der Waals surface area contributed by atoms with Crippen molar-refractivity contribution in [3.8, 4) is 11.5 Å². The lowest BCUT2D eigenvalue weighted by atomic mass is 9.79. The molecular weight excluding hydrogens is 630 g/mol. The Morgan fingerprint density at radius 3 is 2.22 bits per heavy atom. The Morgan fingerprint density at radius 2 is 1.63 bits per heavy atom. The third-order valence-corrected chi connectivity index (χ3v) is 9.19. The van der Waals surface area contributed by atoms with Crippen molar-refractivity contribution in [2.24, 2.45) is 5.92 Å². The zero-order valence-corrected chi connectivity index (χ0v) is 27.5. The van der Waals surface area contributed by atoms with E-state index in [1.807, 2.05) is 78.9 Å². The highest BCUT2D eigenvalue weighted by atomic mass is 16.7. The Hall–Kier alpha value is -5.08. The highest BCUT2D eigenvalue weighted by Crippen LogP contribution is 2.48. The Balaban J connectivity index is 1.27. The summed E-state index contributed by atoms with van der Waals surface area (Å²) in [7, 11) is 3.23. The van der Waals surface area contributed by atoms with E-state index >= 15 is 0 Å². The van der Waals surface area contributed by atoms with Gasteiger partial charge >= 0.3 is 0 Å². The summed E-state index contributed by atoms with van der Waals surface area (Å²) in [5.41, 5.74) is -0.271. The Labute approximate surface area is 281 Å². The van der Waals surface area contributed by atoms with Gasteiger partial charge in [0.25, 0.3) is 5.56 Å². The van der Waals surface area contributed by atoms with Gasteiger partial charge in [-0.25, -0.2) is 4.98 Å². The van der Waals surface area contributed by atoms with Crippen LogP contribution in [-0.2, 0) is 24.6 Å². The molecule has 2 aromatic heterocycles. The lowest BCUT2D eigenvalue weighted by molar-refractivity contribution is -0.202. The lowest BCUT2D eigenvalue weighted by Gasteiger charge is -2.39. The van der Waals surface area contributed by atoms with Crippen LogP contribution in [0.2, 0.25) is 0 Å². The molecule has 4 heterocycles. The number of rotatable bonds is 11. The number of anilines is 1. The normalized spacial score (nSPS) is 21.7. The summed E-state index contributed by atoms with van der Waals surface area (Å²) in [6.45, 7) is 3.44. The number of H-pyrrole nitrogens is 1. The van der Waals surface area contributed by atoms with Crippen LogP contribution in [0.5, 0.6) is 11.5 Å². The summed E-state index contributed by atoms with van der Waals surface area (Å²) in [6.07, 6.45) is -1.39. The fraction of sp³-hybridized carbons (Fsp3) is 0.333. The molecule has 2 aliphatic rings. The van der Waals surface area contributed by atoms with E-state index in [9.17, 15) is 14.7 Å². The number of benzene rings is 3. The third-order valence-electron chi connectivity index (χ3n) is 9.19. The monoisotopic (exact) mass is 667 g/mol. The van der Waals surface area contributed by atoms with Crippen molar-refractivity contribution in [1.82, 2.24) is 19.5 Å². The Morgan fingerprint density at radius 1 is 1.02 bits per heavy atom. The van der Waals surface area contributed by atoms with Gasteiger partial charge in [0.2, 0.25) is 11.9 Å². The van der Waals surface area contributed by atoms with E-state index in [1.54, 1.807) is 32.6 Å². The molecule has 3 aromatic carbocycles. The van der Waals surface area contributed by atoms with Crippen molar-refractivity contribution < 1.29 is 33.6 Å². The maximum atomic E-state index is 12.9. The second-order valence-corrected chi connectivity index (χ2v) is 12.5. The summed E-state index contributed by atoms with van der Waals surface area (Å²) in [4.78, 5) is 36.5. The van der Waals surface area contributed by atoms with Gasteiger partial charge in [-0.3, -0.25) is 24.5 Å². The standard InChI is InChI=1S/C36H37N5O8/c1-21(2)31(43)39-34-38-30-27(32(44)40-34)37-20-41(30)33-28-29(42)35(49-33,18-47-28)19-48-36(22-8-6-5-7-9-22,23-10-14-25(45-3)15-11-23)24-12-16-26(46-4)17-13-24/h5-17,20-21,28-29,33,42H,18-19H2,1-4H3,(H2,38,39,40,43,44)/t28-,29?,33+,35+/m0/s1. The topological polar surface area (TPSA) is 159 Å². The largest absolute Gasteiger partial charge is 0.497 e. The molecule has 2 saturated heterocycles. The van der Waals surface area contributed by atoms with Crippen LogP contribution >= 0.6 is 0 Å². The molecule has 254 valence electrons. The number of aromatic amines is 1. The van der Waals surface area contributed by atoms with Gasteiger partial charge in [0.1, 0.15) is 34.9 Å². The molecule has 7 rings (SSSR count). The maximum Gasteiger partial charge on any atom is 0.280 e.